The van der Waals surface area contributed by atoms with Gasteiger partial charge in [-0.3, -0.25) is 5.10 Å². The number of rotatable bonds is 2. The van der Waals surface area contributed by atoms with Crippen LogP contribution in [0.25, 0.3) is 33.4 Å². The van der Waals surface area contributed by atoms with Crippen molar-refractivity contribution in [3.8, 4) is 22.6 Å². The second-order valence-corrected chi connectivity index (χ2v) is 5.61. The molecule has 25 heavy (non-hydrogen) atoms. The fourth-order valence-electron chi connectivity index (χ4n) is 2.74. The van der Waals surface area contributed by atoms with E-state index in [-0.39, 0.29) is 5.69 Å². The van der Waals surface area contributed by atoms with Gasteiger partial charge in [0.05, 0.1) is 11.4 Å². The third-order valence-electron chi connectivity index (χ3n) is 3.93. The summed E-state index contributed by atoms with van der Waals surface area (Å²) >= 11 is 0. The summed E-state index contributed by atoms with van der Waals surface area (Å²) in [5, 5.41) is 7.65. The van der Waals surface area contributed by atoms with Gasteiger partial charge in [0.1, 0.15) is 11.4 Å². The number of hydrogen-bond acceptors (Lipinski definition) is 2. The lowest BCUT2D eigenvalue weighted by Crippen LogP contribution is -2.04. The molecule has 4 aromatic rings. The van der Waals surface area contributed by atoms with E-state index in [9.17, 15) is 13.2 Å². The summed E-state index contributed by atoms with van der Waals surface area (Å²) in [4.78, 5) is 4.59. The van der Waals surface area contributed by atoms with Gasteiger partial charge >= 0.3 is 6.18 Å². The molecule has 124 valence electrons. The zero-order valence-corrected chi connectivity index (χ0v) is 12.9. The quantitative estimate of drug-likeness (QED) is 0.538. The zero-order chi connectivity index (χ0) is 17.4. The van der Waals surface area contributed by atoms with Gasteiger partial charge in [-0.2, -0.15) is 18.3 Å². The normalized spacial score (nSPS) is 11.8. The number of hydrogen-bond donors (Lipinski definition) is 1. The van der Waals surface area contributed by atoms with Crippen molar-refractivity contribution >= 4 is 10.8 Å². The summed E-state index contributed by atoms with van der Waals surface area (Å²) in [6.45, 7) is 0. The highest BCUT2D eigenvalue weighted by Crippen LogP contribution is 2.33. The fraction of sp³-hybridized carbons (Fsp3) is 0.0526. The number of H-pyrrole nitrogens is 1. The first-order valence-corrected chi connectivity index (χ1v) is 7.60. The highest BCUT2D eigenvalue weighted by molar-refractivity contribution is 5.96. The van der Waals surface area contributed by atoms with Crippen molar-refractivity contribution in [3.63, 3.8) is 0 Å². The van der Waals surface area contributed by atoms with Gasteiger partial charge in [-0.05, 0) is 17.5 Å². The number of benzene rings is 2. The number of aromatic amines is 1. The molecule has 0 saturated heterocycles. The van der Waals surface area contributed by atoms with E-state index in [0.717, 1.165) is 22.4 Å². The van der Waals surface area contributed by atoms with Gasteiger partial charge < -0.3 is 0 Å². The predicted octanol–water partition coefficient (Wildman–Crippen LogP) is 5.31. The molecule has 0 amide bonds. The number of halogens is 3. The molecule has 2 aromatic carbocycles. The van der Waals surface area contributed by atoms with E-state index in [1.54, 1.807) is 6.07 Å². The highest BCUT2D eigenvalue weighted by atomic mass is 19.4. The minimum Gasteiger partial charge on any atom is -0.273 e. The molecule has 0 spiro atoms. The Morgan fingerprint density at radius 2 is 1.52 bits per heavy atom. The van der Waals surface area contributed by atoms with Crippen LogP contribution in [-0.2, 0) is 6.18 Å². The predicted molar refractivity (Wildman–Crippen MR) is 89.8 cm³/mol. The summed E-state index contributed by atoms with van der Waals surface area (Å²) in [5.41, 5.74) is 1.27. The first-order valence-electron chi connectivity index (χ1n) is 7.60. The van der Waals surface area contributed by atoms with E-state index in [1.165, 1.54) is 0 Å². The topological polar surface area (TPSA) is 41.6 Å². The molecule has 4 rings (SSSR count). The Bertz CT molecular complexity index is 1040. The Hall–Kier alpha value is -3.15. The lowest BCUT2D eigenvalue weighted by atomic mass is 10.0. The molecule has 0 saturated carbocycles. The monoisotopic (exact) mass is 339 g/mol. The minimum atomic E-state index is -4.47. The number of fused-ring (bicyclic) bond motifs is 1. The van der Waals surface area contributed by atoms with E-state index < -0.39 is 11.9 Å². The molecule has 3 nitrogen and oxygen atoms in total. The Morgan fingerprint density at radius 3 is 2.24 bits per heavy atom. The van der Waals surface area contributed by atoms with Gasteiger partial charge in [-0.15, -0.1) is 0 Å². The summed E-state index contributed by atoms with van der Waals surface area (Å²) in [7, 11) is 0. The lowest BCUT2D eigenvalue weighted by molar-refractivity contribution is -0.141. The molecule has 0 aliphatic carbocycles. The molecule has 1 N–H and O–H groups in total. The molecule has 0 aliphatic rings. The summed E-state index contributed by atoms with van der Waals surface area (Å²) in [6.07, 6.45) is -4.47. The van der Waals surface area contributed by atoms with Crippen molar-refractivity contribution < 1.29 is 13.2 Å². The first-order chi connectivity index (χ1) is 12.0. The average Bonchev–Trinajstić information content (AvgIpc) is 3.12. The van der Waals surface area contributed by atoms with E-state index in [4.69, 9.17) is 0 Å². The van der Waals surface area contributed by atoms with Crippen LogP contribution < -0.4 is 0 Å². The van der Waals surface area contributed by atoms with Gasteiger partial charge in [-0.25, -0.2) is 4.98 Å². The Balaban J connectivity index is 1.93. The number of pyridine rings is 1. The van der Waals surface area contributed by atoms with Gasteiger partial charge in [0.25, 0.3) is 0 Å². The van der Waals surface area contributed by atoms with Crippen LogP contribution in [0.4, 0.5) is 13.2 Å². The van der Waals surface area contributed by atoms with Crippen LogP contribution in [0.3, 0.4) is 0 Å². The molecule has 6 heteroatoms. The Labute approximate surface area is 141 Å². The molecule has 2 heterocycles. The third kappa shape index (κ3) is 2.87. The molecule has 0 unspecified atom stereocenters. The van der Waals surface area contributed by atoms with Crippen molar-refractivity contribution in [1.82, 2.24) is 15.2 Å². The Kier molecular flexibility index (Phi) is 3.53. The number of nitrogens with one attached hydrogen (secondary N) is 1. The van der Waals surface area contributed by atoms with Crippen LogP contribution in [0, 0.1) is 0 Å². The number of aromatic nitrogens is 3. The van der Waals surface area contributed by atoms with Crippen LogP contribution in [0.2, 0.25) is 0 Å². The van der Waals surface area contributed by atoms with Crippen molar-refractivity contribution in [3.05, 3.63) is 72.4 Å². The lowest BCUT2D eigenvalue weighted by Gasteiger charge is -2.08. The van der Waals surface area contributed by atoms with Crippen molar-refractivity contribution in [2.45, 2.75) is 6.18 Å². The van der Waals surface area contributed by atoms with Crippen molar-refractivity contribution in [1.29, 1.82) is 0 Å². The molecule has 0 bridgehead atoms. The smallest absolute Gasteiger partial charge is 0.273 e. The summed E-state index contributed by atoms with van der Waals surface area (Å²) in [5.74, 6) is 0. The number of alkyl halides is 3. The SMILES string of the molecule is FC(F)(F)c1cc(-c2cc3ccccc3c(-c3ccccc3)n2)n[nH]1. The van der Waals surface area contributed by atoms with E-state index >= 15 is 0 Å². The largest absolute Gasteiger partial charge is 0.432 e. The summed E-state index contributed by atoms with van der Waals surface area (Å²) in [6, 6.07) is 19.9. The third-order valence-corrected chi connectivity index (χ3v) is 3.93. The van der Waals surface area contributed by atoms with E-state index in [0.29, 0.717) is 11.4 Å². The van der Waals surface area contributed by atoms with Crippen LogP contribution >= 0.6 is 0 Å². The molecule has 0 atom stereocenters. The molecular weight excluding hydrogens is 327 g/mol. The number of nitrogens with zero attached hydrogens (tertiary/aromatic N) is 2. The summed E-state index contributed by atoms with van der Waals surface area (Å²) < 4.78 is 38.5. The van der Waals surface area contributed by atoms with Crippen LogP contribution in [0.1, 0.15) is 5.69 Å². The van der Waals surface area contributed by atoms with Gasteiger partial charge in [0.15, 0.2) is 0 Å². The molecule has 0 aliphatic heterocycles. The van der Waals surface area contributed by atoms with Gasteiger partial charge in [-0.1, -0.05) is 54.6 Å². The second kappa shape index (κ2) is 5.73. The maximum absolute atomic E-state index is 12.8. The average molecular weight is 339 g/mol. The first kappa shape index (κ1) is 15.4. The maximum Gasteiger partial charge on any atom is 0.432 e. The van der Waals surface area contributed by atoms with Crippen LogP contribution in [0.5, 0.6) is 0 Å². The second-order valence-electron chi connectivity index (χ2n) is 5.61. The van der Waals surface area contributed by atoms with Gasteiger partial charge in [0.2, 0.25) is 0 Å². The molecule has 0 fully saturated rings. The van der Waals surface area contributed by atoms with Crippen LogP contribution in [0.15, 0.2) is 66.7 Å². The Morgan fingerprint density at radius 1 is 0.800 bits per heavy atom. The van der Waals surface area contributed by atoms with Crippen LogP contribution in [-0.4, -0.2) is 15.2 Å². The molecule has 2 aromatic heterocycles. The van der Waals surface area contributed by atoms with Gasteiger partial charge in [0, 0.05) is 10.9 Å². The molecular formula is C19H12F3N3. The maximum atomic E-state index is 12.8. The highest BCUT2D eigenvalue weighted by Gasteiger charge is 2.33. The van der Waals surface area contributed by atoms with Crippen molar-refractivity contribution in [2.75, 3.05) is 0 Å². The van der Waals surface area contributed by atoms with E-state index in [2.05, 4.69) is 10.1 Å². The standard InChI is InChI=1S/C19H12F3N3/c20-19(21,22)17-11-16(24-25-17)15-10-13-8-4-5-9-14(13)18(23-15)12-6-2-1-3-7-12/h1-11H,(H,24,25). The van der Waals surface area contributed by atoms with E-state index in [1.807, 2.05) is 59.7 Å². The molecule has 0 radical (unpaired) electrons. The van der Waals surface area contributed by atoms with Crippen molar-refractivity contribution in [2.24, 2.45) is 0 Å². The fourth-order valence-corrected chi connectivity index (χ4v) is 2.74. The minimum absolute atomic E-state index is 0.162. The zero-order valence-electron chi connectivity index (χ0n) is 12.9.